The molecule has 0 spiro atoms. The molecular formula is C20H25N5O2. The predicted molar refractivity (Wildman–Crippen MR) is 103 cm³/mol. The van der Waals surface area contributed by atoms with Crippen LogP contribution in [0.5, 0.6) is 0 Å². The lowest BCUT2D eigenvalue weighted by atomic mass is 9.94. The largest absolute Gasteiger partial charge is 0.338 e. The number of anilines is 1. The summed E-state index contributed by atoms with van der Waals surface area (Å²) in [5.41, 5.74) is 0.840. The number of aromatic nitrogens is 3. The fourth-order valence-electron chi connectivity index (χ4n) is 4.27. The molecule has 7 nitrogen and oxygen atoms in total. The molecule has 3 saturated heterocycles. The molecule has 1 amide bonds. The van der Waals surface area contributed by atoms with Crippen LogP contribution in [0.15, 0.2) is 41.5 Å². The highest BCUT2D eigenvalue weighted by Crippen LogP contribution is 2.29. The Balaban J connectivity index is 1.45. The van der Waals surface area contributed by atoms with Gasteiger partial charge in [0.15, 0.2) is 0 Å². The Morgan fingerprint density at radius 1 is 1.11 bits per heavy atom. The van der Waals surface area contributed by atoms with Crippen molar-refractivity contribution >= 4 is 11.9 Å². The zero-order valence-corrected chi connectivity index (χ0v) is 15.6. The number of fused-ring (bicyclic) bond motifs is 4. The summed E-state index contributed by atoms with van der Waals surface area (Å²) in [6.07, 6.45) is 6.03. The zero-order valence-electron chi connectivity index (χ0n) is 15.6. The predicted octanol–water partition coefficient (Wildman–Crippen LogP) is 1.46. The third kappa shape index (κ3) is 3.72. The second-order valence-corrected chi connectivity index (χ2v) is 7.50. The summed E-state index contributed by atoms with van der Waals surface area (Å²) >= 11 is 0. The van der Waals surface area contributed by atoms with Gasteiger partial charge in [-0.25, -0.2) is 9.97 Å². The zero-order chi connectivity index (χ0) is 18.8. The van der Waals surface area contributed by atoms with E-state index in [9.17, 15) is 9.59 Å². The van der Waals surface area contributed by atoms with E-state index in [4.69, 9.17) is 0 Å². The minimum Gasteiger partial charge on any atom is -0.338 e. The smallest absolute Gasteiger partial charge is 0.250 e. The van der Waals surface area contributed by atoms with Crippen LogP contribution < -0.4 is 10.5 Å². The van der Waals surface area contributed by atoms with Gasteiger partial charge in [-0.3, -0.25) is 9.59 Å². The highest BCUT2D eigenvalue weighted by Gasteiger charge is 2.37. The molecule has 0 aromatic carbocycles. The van der Waals surface area contributed by atoms with Crippen LogP contribution in [0.25, 0.3) is 0 Å². The number of hydrogen-bond acceptors (Lipinski definition) is 5. The highest BCUT2D eigenvalue weighted by molar-refractivity contribution is 5.76. The van der Waals surface area contributed by atoms with Crippen molar-refractivity contribution in [2.24, 2.45) is 5.92 Å². The number of carbonyl (C=O) groups is 1. The van der Waals surface area contributed by atoms with Gasteiger partial charge < -0.3 is 14.4 Å². The van der Waals surface area contributed by atoms with Crippen molar-refractivity contribution in [3.63, 3.8) is 0 Å². The van der Waals surface area contributed by atoms with Gasteiger partial charge in [-0.15, -0.1) is 0 Å². The van der Waals surface area contributed by atoms with Crippen molar-refractivity contribution < 1.29 is 4.79 Å². The molecule has 2 aromatic rings. The third-order valence-electron chi connectivity index (χ3n) is 5.69. The van der Waals surface area contributed by atoms with E-state index in [1.807, 2.05) is 24.0 Å². The Morgan fingerprint density at radius 3 is 2.70 bits per heavy atom. The van der Waals surface area contributed by atoms with Gasteiger partial charge in [-0.05, 0) is 37.8 Å². The van der Waals surface area contributed by atoms with Gasteiger partial charge in [0.1, 0.15) is 0 Å². The number of pyridine rings is 1. The molecule has 5 heterocycles. The van der Waals surface area contributed by atoms with E-state index in [-0.39, 0.29) is 17.5 Å². The van der Waals surface area contributed by atoms with E-state index in [0.717, 1.165) is 44.1 Å². The average molecular weight is 367 g/mol. The Hall–Kier alpha value is -2.70. The third-order valence-corrected chi connectivity index (χ3v) is 5.69. The summed E-state index contributed by atoms with van der Waals surface area (Å²) in [5.74, 6) is 1.32. The minimum absolute atomic E-state index is 0.0485. The maximum Gasteiger partial charge on any atom is 0.250 e. The van der Waals surface area contributed by atoms with E-state index in [2.05, 4.69) is 14.9 Å². The lowest BCUT2D eigenvalue weighted by molar-refractivity contribution is -0.135. The van der Waals surface area contributed by atoms with Crippen molar-refractivity contribution in [1.82, 2.24) is 19.4 Å². The summed E-state index contributed by atoms with van der Waals surface area (Å²) in [6.45, 7) is 4.79. The Morgan fingerprint density at radius 2 is 1.93 bits per heavy atom. The van der Waals surface area contributed by atoms with Crippen molar-refractivity contribution in [1.29, 1.82) is 0 Å². The first kappa shape index (κ1) is 17.7. The molecule has 27 heavy (non-hydrogen) atoms. The molecule has 3 aliphatic rings. The maximum atomic E-state index is 12.9. The van der Waals surface area contributed by atoms with Crippen LogP contribution in [0.2, 0.25) is 0 Å². The summed E-state index contributed by atoms with van der Waals surface area (Å²) in [7, 11) is 0. The number of carbonyl (C=O) groups excluding carboxylic acids is 1. The molecule has 2 bridgehead atoms. The lowest BCUT2D eigenvalue weighted by Gasteiger charge is -2.36. The second kappa shape index (κ2) is 7.50. The summed E-state index contributed by atoms with van der Waals surface area (Å²) in [5, 5.41) is 0. The maximum absolute atomic E-state index is 12.9. The first-order valence-electron chi connectivity index (χ1n) is 9.59. The molecule has 5 rings (SSSR count). The minimum atomic E-state index is -0.0485. The topological polar surface area (TPSA) is 71.3 Å². The number of aryl methyl sites for hydroxylation is 1. The molecule has 3 fully saturated rings. The number of rotatable bonds is 4. The summed E-state index contributed by atoms with van der Waals surface area (Å²) in [6, 6.07) is 7.21. The molecule has 2 atom stereocenters. The highest BCUT2D eigenvalue weighted by atomic mass is 16.2. The molecule has 0 N–H and O–H groups in total. The quantitative estimate of drug-likeness (QED) is 0.818. The van der Waals surface area contributed by atoms with Crippen LogP contribution in [0.1, 0.15) is 25.0 Å². The van der Waals surface area contributed by atoms with E-state index in [0.29, 0.717) is 18.9 Å². The van der Waals surface area contributed by atoms with E-state index >= 15 is 0 Å². The number of piperidine rings is 1. The lowest BCUT2D eigenvalue weighted by Crippen LogP contribution is -2.47. The monoisotopic (exact) mass is 367 g/mol. The summed E-state index contributed by atoms with van der Waals surface area (Å²) < 4.78 is 1.68. The standard InChI is InChI=1S/C20H25N5O2/c1-15-4-2-5-18(26)24(15)11-8-19(27)25-13-16-6-7-17(25)14-23(12-16)20-21-9-3-10-22-20/h2-5,9-10,16-17H,6-8,11-14H2,1H3. The fourth-order valence-corrected chi connectivity index (χ4v) is 4.27. The molecule has 3 aliphatic heterocycles. The fraction of sp³-hybridized carbons (Fsp3) is 0.500. The Bertz CT molecular complexity index is 866. The van der Waals surface area contributed by atoms with Crippen LogP contribution in [0, 0.1) is 12.8 Å². The van der Waals surface area contributed by atoms with E-state index < -0.39 is 0 Å². The van der Waals surface area contributed by atoms with E-state index in [1.165, 1.54) is 0 Å². The molecule has 2 aromatic heterocycles. The average Bonchev–Trinajstić information content (AvgIpc) is 3.00. The Kier molecular flexibility index (Phi) is 4.92. The van der Waals surface area contributed by atoms with Gasteiger partial charge in [-0.1, -0.05) is 6.07 Å². The Labute approximate surface area is 158 Å². The van der Waals surface area contributed by atoms with Crippen LogP contribution in [0.4, 0.5) is 5.95 Å². The van der Waals surface area contributed by atoms with Crippen molar-refractivity contribution in [3.8, 4) is 0 Å². The molecular weight excluding hydrogens is 342 g/mol. The van der Waals surface area contributed by atoms with Gasteiger partial charge in [0.05, 0.1) is 0 Å². The molecule has 0 aliphatic carbocycles. The van der Waals surface area contributed by atoms with Gasteiger partial charge >= 0.3 is 0 Å². The molecule has 142 valence electrons. The normalized spacial score (nSPS) is 22.0. The number of amides is 1. The van der Waals surface area contributed by atoms with Gasteiger partial charge in [0.25, 0.3) is 5.56 Å². The van der Waals surface area contributed by atoms with Crippen LogP contribution in [-0.4, -0.2) is 51.0 Å². The molecule has 2 unspecified atom stereocenters. The van der Waals surface area contributed by atoms with Crippen molar-refractivity contribution in [2.75, 3.05) is 24.5 Å². The van der Waals surface area contributed by atoms with E-state index in [1.54, 1.807) is 29.1 Å². The summed E-state index contributed by atoms with van der Waals surface area (Å²) in [4.78, 5) is 38.0. The van der Waals surface area contributed by atoms with Crippen molar-refractivity contribution in [3.05, 3.63) is 52.7 Å². The van der Waals surface area contributed by atoms with Crippen molar-refractivity contribution in [2.45, 2.75) is 38.8 Å². The van der Waals surface area contributed by atoms with Crippen LogP contribution in [-0.2, 0) is 11.3 Å². The van der Waals surface area contributed by atoms with Crippen LogP contribution in [0.3, 0.4) is 0 Å². The number of nitrogens with zero attached hydrogens (tertiary/aromatic N) is 5. The SMILES string of the molecule is Cc1cccc(=O)n1CCC(=O)N1CC2CCC1CN(c1ncccn1)C2. The second-order valence-electron chi connectivity index (χ2n) is 7.50. The number of hydrogen-bond donors (Lipinski definition) is 0. The van der Waals surface area contributed by atoms with Gasteiger partial charge in [0, 0.05) is 62.8 Å². The molecule has 0 radical (unpaired) electrons. The van der Waals surface area contributed by atoms with Crippen LogP contribution >= 0.6 is 0 Å². The van der Waals surface area contributed by atoms with Gasteiger partial charge in [-0.2, -0.15) is 0 Å². The molecule has 0 saturated carbocycles. The molecule has 7 heteroatoms. The first-order chi connectivity index (χ1) is 13.1. The van der Waals surface area contributed by atoms with Gasteiger partial charge in [0.2, 0.25) is 11.9 Å². The first-order valence-corrected chi connectivity index (χ1v) is 9.59.